The first-order chi connectivity index (χ1) is 9.16. The second-order valence-corrected chi connectivity index (χ2v) is 5.45. The van der Waals surface area contributed by atoms with E-state index in [4.69, 9.17) is 0 Å². The first kappa shape index (κ1) is 12.2. The fourth-order valence-corrected chi connectivity index (χ4v) is 2.56. The molecule has 1 amide bonds. The van der Waals surface area contributed by atoms with Crippen molar-refractivity contribution in [3.8, 4) is 0 Å². The Morgan fingerprint density at radius 3 is 3.21 bits per heavy atom. The van der Waals surface area contributed by atoms with Gasteiger partial charge in [-0.3, -0.25) is 9.89 Å². The maximum atomic E-state index is 12.1. The van der Waals surface area contributed by atoms with E-state index < -0.39 is 0 Å². The lowest BCUT2D eigenvalue weighted by atomic mass is 10.0. The molecule has 19 heavy (non-hydrogen) atoms. The number of nitrogens with zero attached hydrogens (tertiary/aromatic N) is 1. The summed E-state index contributed by atoms with van der Waals surface area (Å²) in [7, 11) is 0. The molecule has 100 valence electrons. The lowest BCUT2D eigenvalue weighted by Gasteiger charge is -2.24. The summed E-state index contributed by atoms with van der Waals surface area (Å²) in [6, 6.07) is 5.57. The number of amides is 1. The summed E-state index contributed by atoms with van der Waals surface area (Å²) >= 11 is 0. The normalized spacial score (nSPS) is 22.8. The molecule has 1 aliphatic rings. The van der Waals surface area contributed by atoms with E-state index in [0.717, 1.165) is 23.9 Å². The Balaban J connectivity index is 1.69. The van der Waals surface area contributed by atoms with Crippen molar-refractivity contribution in [1.82, 2.24) is 20.8 Å². The Hall–Kier alpha value is -1.88. The molecule has 3 N–H and O–H groups in total. The number of nitrogens with one attached hydrogen (secondary N) is 3. The maximum absolute atomic E-state index is 12.1. The van der Waals surface area contributed by atoms with E-state index in [-0.39, 0.29) is 11.4 Å². The average Bonchev–Trinajstić information content (AvgIpc) is 3.04. The zero-order chi connectivity index (χ0) is 13.3. The van der Waals surface area contributed by atoms with Crippen LogP contribution in [0.15, 0.2) is 24.4 Å². The number of H-pyrrole nitrogens is 1. The molecule has 0 saturated carbocycles. The summed E-state index contributed by atoms with van der Waals surface area (Å²) in [5.74, 6) is -0.0357. The molecular formula is C14H18N4O. The molecule has 1 saturated heterocycles. The molecule has 0 spiro atoms. The van der Waals surface area contributed by atoms with Gasteiger partial charge in [-0.25, -0.2) is 0 Å². The van der Waals surface area contributed by atoms with E-state index in [2.05, 4.69) is 27.8 Å². The number of carbonyl (C=O) groups is 1. The minimum absolute atomic E-state index is 0.0355. The van der Waals surface area contributed by atoms with Crippen molar-refractivity contribution in [2.24, 2.45) is 0 Å². The molecule has 1 unspecified atom stereocenters. The Morgan fingerprint density at radius 1 is 1.53 bits per heavy atom. The number of fused-ring (bicyclic) bond motifs is 1. The number of carbonyl (C=O) groups excluding carboxylic acids is 1. The van der Waals surface area contributed by atoms with Crippen LogP contribution in [0, 0.1) is 0 Å². The number of hydrogen-bond acceptors (Lipinski definition) is 3. The highest BCUT2D eigenvalue weighted by Gasteiger charge is 2.28. The van der Waals surface area contributed by atoms with Crippen LogP contribution in [0.1, 0.15) is 30.1 Å². The minimum Gasteiger partial charge on any atom is -0.350 e. The first-order valence-corrected chi connectivity index (χ1v) is 6.63. The molecule has 1 fully saturated rings. The van der Waals surface area contributed by atoms with Gasteiger partial charge >= 0.3 is 0 Å². The smallest absolute Gasteiger partial charge is 0.251 e. The molecule has 1 atom stereocenters. The number of aromatic nitrogens is 2. The van der Waals surface area contributed by atoms with E-state index in [1.165, 1.54) is 6.42 Å². The van der Waals surface area contributed by atoms with E-state index in [9.17, 15) is 4.79 Å². The van der Waals surface area contributed by atoms with Crippen LogP contribution in [0.25, 0.3) is 10.9 Å². The van der Waals surface area contributed by atoms with Gasteiger partial charge in [0.2, 0.25) is 0 Å². The van der Waals surface area contributed by atoms with Crippen LogP contribution in [-0.2, 0) is 0 Å². The van der Waals surface area contributed by atoms with E-state index in [1.54, 1.807) is 6.20 Å². The summed E-state index contributed by atoms with van der Waals surface area (Å²) in [5.41, 5.74) is 1.59. The summed E-state index contributed by atoms with van der Waals surface area (Å²) in [6.07, 6.45) is 4.03. The molecule has 5 nitrogen and oxygen atoms in total. The second kappa shape index (κ2) is 4.66. The summed E-state index contributed by atoms with van der Waals surface area (Å²) in [4.78, 5) is 12.1. The zero-order valence-corrected chi connectivity index (χ0v) is 11.0. The molecule has 3 rings (SSSR count). The minimum atomic E-state index is -0.0357. The lowest BCUT2D eigenvalue weighted by molar-refractivity contribution is 0.0943. The van der Waals surface area contributed by atoms with Gasteiger partial charge in [0.15, 0.2) is 0 Å². The Bertz CT molecular complexity index is 598. The highest BCUT2D eigenvalue weighted by atomic mass is 16.1. The summed E-state index contributed by atoms with van der Waals surface area (Å²) < 4.78 is 0. The van der Waals surface area contributed by atoms with Gasteiger partial charge in [0.1, 0.15) is 0 Å². The fraction of sp³-hybridized carbons (Fsp3) is 0.429. The molecule has 5 heteroatoms. The highest BCUT2D eigenvalue weighted by Crippen LogP contribution is 2.17. The van der Waals surface area contributed by atoms with Crippen molar-refractivity contribution in [3.63, 3.8) is 0 Å². The van der Waals surface area contributed by atoms with Crippen LogP contribution >= 0.6 is 0 Å². The summed E-state index contributed by atoms with van der Waals surface area (Å²) in [5, 5.41) is 14.3. The standard InChI is InChI=1S/C14H18N4O/c1-14(5-2-6-16-14)9-15-13(19)10-3-4-11-8-17-18-12(11)7-10/h3-4,7-8,16H,2,5-6,9H2,1H3,(H,15,19)(H,17,18). The first-order valence-electron chi connectivity index (χ1n) is 6.63. The lowest BCUT2D eigenvalue weighted by Crippen LogP contribution is -2.47. The molecular weight excluding hydrogens is 240 g/mol. The molecule has 2 aromatic rings. The average molecular weight is 258 g/mol. The molecule has 1 aliphatic heterocycles. The fourth-order valence-electron chi connectivity index (χ4n) is 2.56. The predicted octanol–water partition coefficient (Wildman–Crippen LogP) is 1.43. The topological polar surface area (TPSA) is 69.8 Å². The molecule has 2 heterocycles. The van der Waals surface area contributed by atoms with Crippen LogP contribution in [0.4, 0.5) is 0 Å². The monoisotopic (exact) mass is 258 g/mol. The SMILES string of the molecule is CC1(CNC(=O)c2ccc3cn[nH]c3c2)CCCN1. The van der Waals surface area contributed by atoms with Crippen LogP contribution in [0.3, 0.4) is 0 Å². The van der Waals surface area contributed by atoms with Crippen LogP contribution in [0.2, 0.25) is 0 Å². The van der Waals surface area contributed by atoms with Gasteiger partial charge in [0.25, 0.3) is 5.91 Å². The van der Waals surface area contributed by atoms with Gasteiger partial charge in [0, 0.05) is 23.0 Å². The number of aromatic amines is 1. The third-order valence-corrected chi connectivity index (χ3v) is 3.80. The number of rotatable bonds is 3. The van der Waals surface area contributed by atoms with Crippen molar-refractivity contribution in [2.45, 2.75) is 25.3 Å². The number of hydrogen-bond donors (Lipinski definition) is 3. The molecule has 0 bridgehead atoms. The van der Waals surface area contributed by atoms with Gasteiger partial charge in [-0.05, 0) is 38.4 Å². The third kappa shape index (κ3) is 2.46. The van der Waals surface area contributed by atoms with Crippen molar-refractivity contribution in [1.29, 1.82) is 0 Å². The van der Waals surface area contributed by atoms with Crippen LogP contribution < -0.4 is 10.6 Å². The van der Waals surface area contributed by atoms with E-state index >= 15 is 0 Å². The largest absolute Gasteiger partial charge is 0.350 e. The quantitative estimate of drug-likeness (QED) is 0.780. The Kier molecular flexibility index (Phi) is 2.98. The van der Waals surface area contributed by atoms with Gasteiger partial charge in [-0.15, -0.1) is 0 Å². The van der Waals surface area contributed by atoms with E-state index in [1.807, 2.05) is 18.2 Å². The van der Waals surface area contributed by atoms with Gasteiger partial charge < -0.3 is 10.6 Å². The molecule has 0 radical (unpaired) electrons. The van der Waals surface area contributed by atoms with Gasteiger partial charge in [-0.1, -0.05) is 6.07 Å². The Morgan fingerprint density at radius 2 is 2.42 bits per heavy atom. The zero-order valence-electron chi connectivity index (χ0n) is 11.0. The summed E-state index contributed by atoms with van der Waals surface area (Å²) in [6.45, 7) is 3.84. The van der Waals surface area contributed by atoms with Crippen molar-refractivity contribution in [3.05, 3.63) is 30.0 Å². The Labute approximate surface area is 111 Å². The van der Waals surface area contributed by atoms with Crippen LogP contribution in [-0.4, -0.2) is 34.7 Å². The highest BCUT2D eigenvalue weighted by molar-refractivity contribution is 5.97. The third-order valence-electron chi connectivity index (χ3n) is 3.80. The molecule has 0 aliphatic carbocycles. The van der Waals surface area contributed by atoms with Gasteiger partial charge in [0.05, 0.1) is 11.7 Å². The maximum Gasteiger partial charge on any atom is 0.251 e. The molecule has 1 aromatic heterocycles. The predicted molar refractivity (Wildman–Crippen MR) is 74.1 cm³/mol. The van der Waals surface area contributed by atoms with Crippen molar-refractivity contribution >= 4 is 16.8 Å². The van der Waals surface area contributed by atoms with E-state index in [0.29, 0.717) is 12.1 Å². The van der Waals surface area contributed by atoms with Crippen LogP contribution in [0.5, 0.6) is 0 Å². The van der Waals surface area contributed by atoms with Gasteiger partial charge in [-0.2, -0.15) is 5.10 Å². The second-order valence-electron chi connectivity index (χ2n) is 5.45. The number of benzene rings is 1. The van der Waals surface area contributed by atoms with Crippen molar-refractivity contribution in [2.75, 3.05) is 13.1 Å². The molecule has 1 aromatic carbocycles. The van der Waals surface area contributed by atoms with Crippen molar-refractivity contribution < 1.29 is 4.79 Å².